The number of nitrogens with two attached hydrogens (primary N) is 1. The molecule has 0 aliphatic heterocycles. The van der Waals surface area contributed by atoms with E-state index in [0.29, 0.717) is 16.3 Å². The molecule has 0 saturated carbocycles. The predicted octanol–water partition coefficient (Wildman–Crippen LogP) is 2.58. The largest absolute Gasteiger partial charge is 0.465 e. The Morgan fingerprint density at radius 1 is 1.38 bits per heavy atom. The van der Waals surface area contributed by atoms with Crippen molar-refractivity contribution in [3.05, 3.63) is 46.2 Å². The Hall–Kier alpha value is -2.34. The first kappa shape index (κ1) is 13.6. The maximum Gasteiger partial charge on any atom is 0.251 e. The van der Waals surface area contributed by atoms with Crippen LogP contribution in [-0.2, 0) is 17.6 Å². The van der Waals surface area contributed by atoms with Crippen molar-refractivity contribution in [2.24, 2.45) is 5.73 Å². The van der Waals surface area contributed by atoms with E-state index in [1.54, 1.807) is 18.2 Å². The van der Waals surface area contributed by atoms with Crippen molar-refractivity contribution in [2.45, 2.75) is 19.3 Å². The van der Waals surface area contributed by atoms with E-state index >= 15 is 0 Å². The number of thiophene rings is 1. The lowest BCUT2D eigenvalue weighted by atomic mass is 10.1. The van der Waals surface area contributed by atoms with Gasteiger partial charge in [-0.2, -0.15) is 0 Å². The number of primary amides is 1. The summed E-state index contributed by atoms with van der Waals surface area (Å²) >= 11 is 1.44. The Kier molecular flexibility index (Phi) is 3.62. The van der Waals surface area contributed by atoms with Gasteiger partial charge < -0.3 is 15.5 Å². The van der Waals surface area contributed by atoms with Gasteiger partial charge in [0.15, 0.2) is 0 Å². The number of furan rings is 1. The molecule has 2 aromatic rings. The number of anilines is 1. The number of nitrogens with one attached hydrogen (secondary N) is 1. The van der Waals surface area contributed by atoms with Crippen molar-refractivity contribution >= 4 is 34.2 Å². The van der Waals surface area contributed by atoms with E-state index in [-0.39, 0.29) is 5.91 Å². The summed E-state index contributed by atoms with van der Waals surface area (Å²) < 4.78 is 5.11. The summed E-state index contributed by atoms with van der Waals surface area (Å²) in [5, 5.41) is 3.28. The van der Waals surface area contributed by atoms with Crippen molar-refractivity contribution in [3.63, 3.8) is 0 Å². The van der Waals surface area contributed by atoms with Crippen LogP contribution in [0.3, 0.4) is 0 Å². The Morgan fingerprint density at radius 2 is 2.24 bits per heavy atom. The number of rotatable bonds is 4. The summed E-state index contributed by atoms with van der Waals surface area (Å²) in [5.41, 5.74) is 6.91. The van der Waals surface area contributed by atoms with E-state index in [2.05, 4.69) is 5.32 Å². The van der Waals surface area contributed by atoms with Crippen LogP contribution in [0.15, 0.2) is 28.9 Å². The number of hydrogen-bond acceptors (Lipinski definition) is 4. The fraction of sp³-hybridized carbons (Fsp3) is 0.200. The van der Waals surface area contributed by atoms with Gasteiger partial charge in [-0.3, -0.25) is 9.59 Å². The molecule has 0 spiro atoms. The molecule has 0 radical (unpaired) electrons. The first-order valence-corrected chi connectivity index (χ1v) is 7.43. The van der Waals surface area contributed by atoms with Crippen molar-refractivity contribution in [1.29, 1.82) is 0 Å². The molecule has 108 valence electrons. The topological polar surface area (TPSA) is 85.3 Å². The number of fused-ring (bicyclic) bond motifs is 1. The SMILES string of the molecule is NC(=O)c1c(NC(=O)C=Cc2ccco2)sc2c1CCC2. The normalized spacial score (nSPS) is 13.5. The smallest absolute Gasteiger partial charge is 0.251 e. The van der Waals surface area contributed by atoms with Crippen molar-refractivity contribution in [3.8, 4) is 0 Å². The first-order valence-electron chi connectivity index (χ1n) is 6.62. The molecule has 3 rings (SSSR count). The molecule has 0 fully saturated rings. The molecule has 0 saturated heterocycles. The van der Waals surface area contributed by atoms with E-state index in [9.17, 15) is 9.59 Å². The predicted molar refractivity (Wildman–Crippen MR) is 81.2 cm³/mol. The zero-order valence-electron chi connectivity index (χ0n) is 11.2. The molecule has 0 bridgehead atoms. The van der Waals surface area contributed by atoms with Crippen LogP contribution in [0.5, 0.6) is 0 Å². The van der Waals surface area contributed by atoms with Gasteiger partial charge in [0, 0.05) is 11.0 Å². The van der Waals surface area contributed by atoms with Gasteiger partial charge in [-0.25, -0.2) is 0 Å². The Bertz CT molecular complexity index is 714. The number of aryl methyl sites for hydroxylation is 1. The van der Waals surface area contributed by atoms with Gasteiger partial charge in [0.1, 0.15) is 10.8 Å². The Morgan fingerprint density at radius 3 is 2.95 bits per heavy atom. The lowest BCUT2D eigenvalue weighted by Gasteiger charge is -2.03. The van der Waals surface area contributed by atoms with Crippen LogP contribution >= 0.6 is 11.3 Å². The summed E-state index contributed by atoms with van der Waals surface area (Å²) in [4.78, 5) is 24.7. The third kappa shape index (κ3) is 2.75. The Balaban J connectivity index is 1.79. The molecular weight excluding hydrogens is 288 g/mol. The standard InChI is InChI=1S/C15H14N2O3S/c16-14(19)13-10-4-1-5-11(10)21-15(13)17-12(18)7-6-9-3-2-8-20-9/h2-3,6-8H,1,4-5H2,(H2,16,19)(H,17,18). The zero-order chi connectivity index (χ0) is 14.8. The van der Waals surface area contributed by atoms with Crippen LogP contribution < -0.4 is 11.1 Å². The summed E-state index contributed by atoms with van der Waals surface area (Å²) in [6, 6.07) is 3.49. The van der Waals surface area contributed by atoms with Crippen LogP contribution in [0.4, 0.5) is 5.00 Å². The molecule has 0 atom stereocenters. The van der Waals surface area contributed by atoms with Crippen LogP contribution in [0.2, 0.25) is 0 Å². The van der Waals surface area contributed by atoms with Crippen molar-refractivity contribution in [1.82, 2.24) is 0 Å². The van der Waals surface area contributed by atoms with E-state index in [1.165, 1.54) is 23.7 Å². The van der Waals surface area contributed by atoms with Gasteiger partial charge in [-0.15, -0.1) is 11.3 Å². The van der Waals surface area contributed by atoms with Crippen molar-refractivity contribution < 1.29 is 14.0 Å². The van der Waals surface area contributed by atoms with Gasteiger partial charge in [-0.05, 0) is 43.0 Å². The number of carbonyl (C=O) groups is 2. The fourth-order valence-electron chi connectivity index (χ4n) is 2.45. The Labute approximate surface area is 125 Å². The van der Waals surface area contributed by atoms with Crippen LogP contribution in [0.1, 0.15) is 33.0 Å². The second-order valence-electron chi connectivity index (χ2n) is 4.76. The van der Waals surface area contributed by atoms with E-state index in [0.717, 1.165) is 29.7 Å². The van der Waals surface area contributed by atoms with Gasteiger partial charge in [-0.1, -0.05) is 0 Å². The molecule has 2 amide bonds. The molecule has 0 aromatic carbocycles. The van der Waals surface area contributed by atoms with E-state index in [4.69, 9.17) is 10.2 Å². The summed E-state index contributed by atoms with van der Waals surface area (Å²) in [5.74, 6) is -0.206. The highest BCUT2D eigenvalue weighted by molar-refractivity contribution is 7.17. The number of carbonyl (C=O) groups excluding carboxylic acids is 2. The van der Waals surface area contributed by atoms with Gasteiger partial charge in [0.25, 0.3) is 5.91 Å². The van der Waals surface area contributed by atoms with E-state index in [1.807, 2.05) is 0 Å². The second-order valence-corrected chi connectivity index (χ2v) is 5.87. The van der Waals surface area contributed by atoms with Crippen molar-refractivity contribution in [2.75, 3.05) is 5.32 Å². The molecule has 3 N–H and O–H groups in total. The fourth-order valence-corrected chi connectivity index (χ4v) is 3.75. The molecular formula is C15H14N2O3S. The lowest BCUT2D eigenvalue weighted by molar-refractivity contribution is -0.111. The monoisotopic (exact) mass is 302 g/mol. The molecule has 6 heteroatoms. The van der Waals surface area contributed by atoms with Crippen LogP contribution in [-0.4, -0.2) is 11.8 Å². The van der Waals surface area contributed by atoms with Crippen LogP contribution in [0, 0.1) is 0 Å². The van der Waals surface area contributed by atoms with Gasteiger partial charge in [0.2, 0.25) is 5.91 Å². The second kappa shape index (κ2) is 5.57. The highest BCUT2D eigenvalue weighted by Crippen LogP contribution is 2.38. The molecule has 2 aromatic heterocycles. The highest BCUT2D eigenvalue weighted by Gasteiger charge is 2.25. The minimum atomic E-state index is -0.486. The zero-order valence-corrected chi connectivity index (χ0v) is 12.0. The highest BCUT2D eigenvalue weighted by atomic mass is 32.1. The molecule has 1 aliphatic rings. The third-order valence-corrected chi connectivity index (χ3v) is 4.55. The van der Waals surface area contributed by atoms with Gasteiger partial charge >= 0.3 is 0 Å². The first-order chi connectivity index (χ1) is 10.1. The van der Waals surface area contributed by atoms with E-state index < -0.39 is 5.91 Å². The minimum Gasteiger partial charge on any atom is -0.465 e. The van der Waals surface area contributed by atoms with Crippen LogP contribution in [0.25, 0.3) is 6.08 Å². The minimum absolute atomic E-state index is 0.311. The van der Waals surface area contributed by atoms with Gasteiger partial charge in [0.05, 0.1) is 11.8 Å². The molecule has 2 heterocycles. The summed E-state index contributed by atoms with van der Waals surface area (Å²) in [6.07, 6.45) is 7.30. The summed E-state index contributed by atoms with van der Waals surface area (Å²) in [6.45, 7) is 0. The third-order valence-electron chi connectivity index (χ3n) is 3.35. The lowest BCUT2D eigenvalue weighted by Crippen LogP contribution is -2.16. The summed E-state index contributed by atoms with van der Waals surface area (Å²) in [7, 11) is 0. The maximum atomic E-state index is 11.9. The molecule has 0 unspecified atom stereocenters. The quantitative estimate of drug-likeness (QED) is 0.851. The molecule has 5 nitrogen and oxygen atoms in total. The number of hydrogen-bond donors (Lipinski definition) is 2. The molecule has 1 aliphatic carbocycles. The molecule has 21 heavy (non-hydrogen) atoms. The average Bonchev–Trinajstić information content (AvgIpc) is 3.11. The maximum absolute atomic E-state index is 11.9. The average molecular weight is 302 g/mol. The number of amides is 2.